The molecule has 0 bridgehead atoms. The highest BCUT2D eigenvalue weighted by Crippen LogP contribution is 2.41. The largest absolute Gasteiger partial charge is 0.504 e. The van der Waals surface area contributed by atoms with Crippen LogP contribution in [0, 0.1) is 0 Å². The van der Waals surface area contributed by atoms with Crippen LogP contribution >= 0.6 is 15.9 Å². The summed E-state index contributed by atoms with van der Waals surface area (Å²) >= 11 is 3.41. The van der Waals surface area contributed by atoms with E-state index in [9.17, 15) is 14.7 Å². The van der Waals surface area contributed by atoms with Crippen molar-refractivity contribution in [3.8, 4) is 11.5 Å². The van der Waals surface area contributed by atoms with Crippen LogP contribution in [0.25, 0.3) is 11.0 Å². The van der Waals surface area contributed by atoms with E-state index in [1.165, 1.54) is 6.07 Å². The lowest BCUT2D eigenvalue weighted by Gasteiger charge is -2.25. The molecule has 0 saturated heterocycles. The zero-order chi connectivity index (χ0) is 23.1. The van der Waals surface area contributed by atoms with E-state index in [2.05, 4.69) is 15.9 Å². The molecule has 7 heteroatoms. The fourth-order valence-corrected chi connectivity index (χ4v) is 4.62. The molecule has 0 aliphatic carbocycles. The molecule has 1 N–H and O–H groups in total. The zero-order valence-corrected chi connectivity index (χ0v) is 19.3. The first-order valence-electron chi connectivity index (χ1n) is 10.5. The maximum atomic E-state index is 13.6. The van der Waals surface area contributed by atoms with Crippen LogP contribution in [0.5, 0.6) is 11.5 Å². The number of ether oxygens (including phenoxy) is 1. The summed E-state index contributed by atoms with van der Waals surface area (Å²) in [5, 5.41) is 10.6. The number of phenolic OH excluding ortho intramolecular Hbond substituents is 1. The summed E-state index contributed by atoms with van der Waals surface area (Å²) in [5.74, 6) is -0.0219. The minimum absolute atomic E-state index is 0.00534. The van der Waals surface area contributed by atoms with Gasteiger partial charge in [0.25, 0.3) is 5.91 Å². The molecule has 1 aromatic heterocycles. The molecular formula is C26H20BrNO5. The quantitative estimate of drug-likeness (QED) is 0.392. The van der Waals surface area contributed by atoms with Gasteiger partial charge in [-0.1, -0.05) is 52.3 Å². The highest BCUT2D eigenvalue weighted by Gasteiger charge is 2.43. The molecule has 0 spiro atoms. The van der Waals surface area contributed by atoms with Gasteiger partial charge >= 0.3 is 0 Å². The molecule has 4 aromatic rings. The van der Waals surface area contributed by atoms with E-state index >= 15 is 0 Å². The van der Waals surface area contributed by atoms with Crippen molar-refractivity contribution in [3.63, 3.8) is 0 Å². The maximum Gasteiger partial charge on any atom is 0.291 e. The minimum atomic E-state index is -0.688. The van der Waals surface area contributed by atoms with E-state index in [4.69, 9.17) is 9.15 Å². The van der Waals surface area contributed by atoms with Gasteiger partial charge in [-0.05, 0) is 48.4 Å². The minimum Gasteiger partial charge on any atom is -0.504 e. The lowest BCUT2D eigenvalue weighted by Crippen LogP contribution is -2.29. The molecular weight excluding hydrogens is 486 g/mol. The van der Waals surface area contributed by atoms with Crippen molar-refractivity contribution in [2.45, 2.75) is 19.5 Å². The smallest absolute Gasteiger partial charge is 0.291 e. The van der Waals surface area contributed by atoms with Gasteiger partial charge in [0.2, 0.25) is 5.76 Å². The van der Waals surface area contributed by atoms with E-state index in [0.29, 0.717) is 35.4 Å². The molecule has 1 atom stereocenters. The van der Waals surface area contributed by atoms with Crippen molar-refractivity contribution in [3.05, 3.63) is 104 Å². The Morgan fingerprint density at radius 3 is 2.61 bits per heavy atom. The molecule has 5 rings (SSSR count). The van der Waals surface area contributed by atoms with Crippen LogP contribution in [0.2, 0.25) is 0 Å². The van der Waals surface area contributed by atoms with Gasteiger partial charge in [0, 0.05) is 11.0 Å². The van der Waals surface area contributed by atoms with Crippen molar-refractivity contribution >= 4 is 32.8 Å². The topological polar surface area (TPSA) is 80.0 Å². The SMILES string of the molecule is CCOc1cc([C@@H]2c3c(oc4ccc(Br)cc4c3=O)C(=O)N2Cc2ccccc2)ccc1O. The number of amides is 1. The Balaban J connectivity index is 1.74. The van der Waals surface area contributed by atoms with E-state index < -0.39 is 6.04 Å². The summed E-state index contributed by atoms with van der Waals surface area (Å²) in [7, 11) is 0. The molecule has 166 valence electrons. The van der Waals surface area contributed by atoms with Crippen molar-refractivity contribution in [2.24, 2.45) is 0 Å². The molecule has 3 aromatic carbocycles. The number of rotatable bonds is 5. The van der Waals surface area contributed by atoms with Crippen LogP contribution in [0.1, 0.15) is 40.2 Å². The van der Waals surface area contributed by atoms with Crippen molar-refractivity contribution in [1.29, 1.82) is 0 Å². The Bertz CT molecular complexity index is 1430. The molecule has 0 radical (unpaired) electrons. The maximum absolute atomic E-state index is 13.6. The lowest BCUT2D eigenvalue weighted by atomic mass is 9.97. The predicted octanol–water partition coefficient (Wildman–Crippen LogP) is 5.41. The molecule has 0 unspecified atom stereocenters. The van der Waals surface area contributed by atoms with Crippen LogP contribution in [-0.2, 0) is 6.54 Å². The van der Waals surface area contributed by atoms with Crippen LogP contribution in [0.15, 0.2) is 80.4 Å². The number of nitrogens with zero attached hydrogens (tertiary/aromatic N) is 1. The summed E-state index contributed by atoms with van der Waals surface area (Å²) in [6.45, 7) is 2.48. The summed E-state index contributed by atoms with van der Waals surface area (Å²) in [4.78, 5) is 28.8. The van der Waals surface area contributed by atoms with E-state index in [1.54, 1.807) is 35.2 Å². The van der Waals surface area contributed by atoms with Gasteiger partial charge < -0.3 is 19.2 Å². The molecule has 1 aliphatic heterocycles. The molecule has 0 fully saturated rings. The average Bonchev–Trinajstić information content (AvgIpc) is 3.08. The van der Waals surface area contributed by atoms with Crippen LogP contribution in [0.4, 0.5) is 0 Å². The van der Waals surface area contributed by atoms with Crippen molar-refractivity contribution in [1.82, 2.24) is 4.90 Å². The van der Waals surface area contributed by atoms with Gasteiger partial charge in [0.15, 0.2) is 16.9 Å². The van der Waals surface area contributed by atoms with Gasteiger partial charge in [0.05, 0.1) is 23.6 Å². The third kappa shape index (κ3) is 3.68. The number of benzene rings is 3. The second-order valence-corrected chi connectivity index (χ2v) is 8.71. The van der Waals surface area contributed by atoms with Gasteiger partial charge in [-0.25, -0.2) is 0 Å². The third-order valence-electron chi connectivity index (χ3n) is 5.72. The number of carbonyl (C=O) groups is 1. The fraction of sp³-hybridized carbons (Fsp3) is 0.154. The van der Waals surface area contributed by atoms with Gasteiger partial charge in [-0.15, -0.1) is 0 Å². The summed E-state index contributed by atoms with van der Waals surface area (Å²) < 4.78 is 12.3. The average molecular weight is 506 g/mol. The molecule has 33 heavy (non-hydrogen) atoms. The second kappa shape index (κ2) is 8.41. The van der Waals surface area contributed by atoms with Gasteiger partial charge in [-0.3, -0.25) is 9.59 Å². The van der Waals surface area contributed by atoms with Crippen molar-refractivity contribution in [2.75, 3.05) is 6.61 Å². The number of fused-ring (bicyclic) bond motifs is 2. The number of carbonyl (C=O) groups excluding carboxylic acids is 1. The fourth-order valence-electron chi connectivity index (χ4n) is 4.25. The lowest BCUT2D eigenvalue weighted by molar-refractivity contribution is 0.0714. The molecule has 2 heterocycles. The van der Waals surface area contributed by atoms with Crippen LogP contribution < -0.4 is 10.2 Å². The van der Waals surface area contributed by atoms with E-state index in [-0.39, 0.29) is 28.4 Å². The molecule has 1 aliphatic rings. The standard InChI is InChI=1S/C26H20BrNO5/c1-2-32-21-12-16(8-10-19(21)29)23-22-24(30)18-13-17(27)9-11-20(18)33-25(22)26(31)28(23)14-15-6-4-3-5-7-15/h3-13,23,29H,2,14H2,1H3/t23-/m1/s1. The highest BCUT2D eigenvalue weighted by molar-refractivity contribution is 9.10. The number of hydrogen-bond acceptors (Lipinski definition) is 5. The van der Waals surface area contributed by atoms with Crippen molar-refractivity contribution < 1.29 is 19.1 Å². The summed E-state index contributed by atoms with van der Waals surface area (Å²) in [6, 6.07) is 18.9. The van der Waals surface area contributed by atoms with Gasteiger partial charge in [-0.2, -0.15) is 0 Å². The first-order valence-corrected chi connectivity index (χ1v) is 11.3. The van der Waals surface area contributed by atoms with E-state index in [1.807, 2.05) is 37.3 Å². The normalized spacial score (nSPS) is 15.2. The summed E-state index contributed by atoms with van der Waals surface area (Å²) in [5.41, 5.74) is 1.96. The van der Waals surface area contributed by atoms with Crippen LogP contribution in [0.3, 0.4) is 0 Å². The Hall–Kier alpha value is -3.58. The second-order valence-electron chi connectivity index (χ2n) is 7.80. The zero-order valence-electron chi connectivity index (χ0n) is 17.7. The molecule has 1 amide bonds. The Morgan fingerprint density at radius 1 is 1.06 bits per heavy atom. The number of halogens is 1. The number of hydrogen-bond donors (Lipinski definition) is 1. The number of aromatic hydroxyl groups is 1. The monoisotopic (exact) mass is 505 g/mol. The first-order chi connectivity index (χ1) is 16.0. The Labute approximate surface area is 198 Å². The highest BCUT2D eigenvalue weighted by atomic mass is 79.9. The Morgan fingerprint density at radius 2 is 1.85 bits per heavy atom. The third-order valence-corrected chi connectivity index (χ3v) is 6.22. The first kappa shape index (κ1) is 21.3. The summed E-state index contributed by atoms with van der Waals surface area (Å²) in [6.07, 6.45) is 0. The Kier molecular flexibility index (Phi) is 5.42. The van der Waals surface area contributed by atoms with Gasteiger partial charge in [0.1, 0.15) is 5.58 Å². The number of phenols is 1. The predicted molar refractivity (Wildman–Crippen MR) is 128 cm³/mol. The molecule has 6 nitrogen and oxygen atoms in total. The van der Waals surface area contributed by atoms with E-state index in [0.717, 1.165) is 10.0 Å². The van der Waals surface area contributed by atoms with Crippen LogP contribution in [-0.4, -0.2) is 22.5 Å². The molecule has 0 saturated carbocycles.